The van der Waals surface area contributed by atoms with E-state index in [1.165, 1.54) is 0 Å². The van der Waals surface area contributed by atoms with Gasteiger partial charge in [-0.2, -0.15) is 0 Å². The van der Waals surface area contributed by atoms with Crippen LogP contribution < -0.4 is 0 Å². The predicted octanol–water partition coefficient (Wildman–Crippen LogP) is 0.137. The Balaban J connectivity index is 1.93. The highest BCUT2D eigenvalue weighted by molar-refractivity contribution is 8.71. The third kappa shape index (κ3) is 7.34. The van der Waals surface area contributed by atoms with Gasteiger partial charge in [0.1, 0.15) is 18.3 Å². The molecule has 2 heterocycles. The number of aliphatic hydroxyl groups excluding tert-OH is 2. The van der Waals surface area contributed by atoms with Gasteiger partial charge in [0.05, 0.1) is 25.9 Å². The molecular formula is C13H25O10PS2. The van der Waals surface area contributed by atoms with Crippen molar-refractivity contribution in [3.8, 4) is 0 Å². The first-order valence-corrected chi connectivity index (χ1v) is 13.0. The van der Waals surface area contributed by atoms with Gasteiger partial charge in [0.2, 0.25) is 0 Å². The van der Waals surface area contributed by atoms with Gasteiger partial charge in [0, 0.05) is 31.6 Å². The molecule has 2 N–H and O–H groups in total. The van der Waals surface area contributed by atoms with E-state index in [2.05, 4.69) is 0 Å². The van der Waals surface area contributed by atoms with Crippen LogP contribution in [0.5, 0.6) is 0 Å². The number of phosphoric ester groups is 1. The Morgan fingerprint density at radius 1 is 1.19 bits per heavy atom. The first-order chi connectivity index (χ1) is 12.2. The van der Waals surface area contributed by atoms with Crippen LogP contribution in [0.3, 0.4) is 0 Å². The zero-order valence-corrected chi connectivity index (χ0v) is 16.9. The van der Waals surface area contributed by atoms with Gasteiger partial charge in [-0.25, -0.2) is 13.0 Å². The quantitative estimate of drug-likeness (QED) is 0.260. The van der Waals surface area contributed by atoms with Crippen LogP contribution in [0.2, 0.25) is 0 Å². The summed E-state index contributed by atoms with van der Waals surface area (Å²) in [6, 6.07) is 0. The third-order valence-corrected chi connectivity index (χ3v) is 7.83. The summed E-state index contributed by atoms with van der Waals surface area (Å²) in [5, 5.41) is 19.0. The molecule has 0 spiro atoms. The van der Waals surface area contributed by atoms with E-state index in [0.717, 1.165) is 6.26 Å². The van der Waals surface area contributed by atoms with Crippen molar-refractivity contribution in [3.05, 3.63) is 0 Å². The van der Waals surface area contributed by atoms with Gasteiger partial charge in [-0.3, -0.25) is 13.6 Å². The Bertz CT molecular complexity index is 585. The van der Waals surface area contributed by atoms with E-state index in [1.807, 2.05) is 0 Å². The van der Waals surface area contributed by atoms with E-state index in [4.69, 9.17) is 23.0 Å². The van der Waals surface area contributed by atoms with Gasteiger partial charge >= 0.3 is 7.82 Å². The summed E-state index contributed by atoms with van der Waals surface area (Å²) >= 11 is 0. The highest BCUT2D eigenvalue weighted by atomic mass is 33.1. The Kier molecular flexibility index (Phi) is 8.80. The lowest BCUT2D eigenvalue weighted by Crippen LogP contribution is -2.29. The zero-order valence-electron chi connectivity index (χ0n) is 14.4. The molecule has 26 heavy (non-hydrogen) atoms. The molecule has 0 aliphatic carbocycles. The molecule has 0 bridgehead atoms. The lowest BCUT2D eigenvalue weighted by molar-refractivity contribution is -0.0238. The summed E-state index contributed by atoms with van der Waals surface area (Å²) < 4.78 is 61.7. The Morgan fingerprint density at radius 2 is 1.88 bits per heavy atom. The Morgan fingerprint density at radius 3 is 2.50 bits per heavy atom. The minimum atomic E-state index is -4.07. The third-order valence-electron chi connectivity index (χ3n) is 3.80. The summed E-state index contributed by atoms with van der Waals surface area (Å²) in [7, 11) is -6.67. The molecule has 2 aliphatic rings. The maximum absolute atomic E-state index is 12.9. The van der Waals surface area contributed by atoms with Crippen LogP contribution >= 0.6 is 18.6 Å². The molecule has 2 unspecified atom stereocenters. The van der Waals surface area contributed by atoms with Crippen LogP contribution in [0.4, 0.5) is 0 Å². The van der Waals surface area contributed by atoms with E-state index in [9.17, 15) is 23.2 Å². The fourth-order valence-corrected chi connectivity index (χ4v) is 5.58. The number of phosphoric acid groups is 1. The van der Waals surface area contributed by atoms with E-state index >= 15 is 0 Å². The molecule has 2 saturated heterocycles. The van der Waals surface area contributed by atoms with Crippen molar-refractivity contribution in [2.75, 3.05) is 45.0 Å². The minimum absolute atomic E-state index is 0.0443. The number of hydrogen-bond donors (Lipinski definition) is 2. The molecule has 0 aromatic carbocycles. The first kappa shape index (κ1) is 22.5. The maximum Gasteiger partial charge on any atom is 0.475 e. The molecule has 13 heteroatoms. The predicted molar refractivity (Wildman–Crippen MR) is 93.5 cm³/mol. The average Bonchev–Trinajstić information content (AvgIpc) is 3.17. The van der Waals surface area contributed by atoms with Crippen LogP contribution in [0.1, 0.15) is 12.8 Å². The average molecular weight is 436 g/mol. The van der Waals surface area contributed by atoms with Crippen molar-refractivity contribution in [1.82, 2.24) is 0 Å². The molecule has 2 fully saturated rings. The van der Waals surface area contributed by atoms with Crippen LogP contribution in [0.15, 0.2) is 0 Å². The van der Waals surface area contributed by atoms with Crippen molar-refractivity contribution in [2.45, 2.75) is 37.3 Å². The lowest BCUT2D eigenvalue weighted by atomic mass is 10.2. The standard InChI is InChI=1S/C13H25O10PS2/c1-26(17,18)25-7-6-21-24(16,22-9-13-10(15)2-4-20-13)23-11-3-5-19-12(11)8-14/h10-15H,2-9H2,1H3/t10?,11?,12-,13-,24+/m1/s1. The molecule has 2 aliphatic heterocycles. The maximum atomic E-state index is 12.9. The van der Waals surface area contributed by atoms with Gasteiger partial charge < -0.3 is 19.7 Å². The van der Waals surface area contributed by atoms with Crippen LogP contribution in [0.25, 0.3) is 0 Å². The summed E-state index contributed by atoms with van der Waals surface area (Å²) in [6.07, 6.45) is -0.780. The molecular weight excluding hydrogens is 411 g/mol. The van der Waals surface area contributed by atoms with E-state index < -0.39 is 41.1 Å². The fraction of sp³-hybridized carbons (Fsp3) is 1.00. The Labute approximate surface area is 156 Å². The highest BCUT2D eigenvalue weighted by Gasteiger charge is 2.39. The molecule has 5 atom stereocenters. The van der Waals surface area contributed by atoms with Crippen LogP contribution in [-0.2, 0) is 36.5 Å². The van der Waals surface area contributed by atoms with Gasteiger partial charge in [0.15, 0.2) is 8.87 Å². The van der Waals surface area contributed by atoms with Crippen molar-refractivity contribution in [2.24, 2.45) is 0 Å². The SMILES string of the molecule is CS(=O)(=O)SCCO[P@@](=O)(OC[C@H]1OCCC1O)OC1CCO[C@@H]1CO. The van der Waals surface area contributed by atoms with Gasteiger partial charge in [-0.05, 0) is 17.2 Å². The van der Waals surface area contributed by atoms with E-state index in [-0.39, 0.29) is 25.6 Å². The van der Waals surface area contributed by atoms with Crippen LogP contribution in [-0.4, -0.2) is 88.1 Å². The minimum Gasteiger partial charge on any atom is -0.394 e. The highest BCUT2D eigenvalue weighted by Crippen LogP contribution is 2.52. The molecule has 0 saturated carbocycles. The largest absolute Gasteiger partial charge is 0.475 e. The summed E-state index contributed by atoms with van der Waals surface area (Å²) in [6.45, 7) is 0.0219. The van der Waals surface area contributed by atoms with Crippen molar-refractivity contribution < 1.29 is 46.2 Å². The molecule has 10 nitrogen and oxygen atoms in total. The summed E-state index contributed by atoms with van der Waals surface area (Å²) in [5.74, 6) is 0.0443. The second kappa shape index (κ2) is 10.1. The smallest absolute Gasteiger partial charge is 0.394 e. The number of hydrogen-bond acceptors (Lipinski definition) is 11. The Hall–Kier alpha value is 0.250. The molecule has 0 aromatic heterocycles. The first-order valence-electron chi connectivity index (χ1n) is 8.16. The number of rotatable bonds is 11. The zero-order chi connectivity index (χ0) is 19.2. The monoisotopic (exact) mass is 436 g/mol. The van der Waals surface area contributed by atoms with Gasteiger partial charge in [0.25, 0.3) is 0 Å². The molecule has 0 aromatic rings. The molecule has 0 radical (unpaired) electrons. The second-order valence-corrected chi connectivity index (χ2v) is 12.1. The van der Waals surface area contributed by atoms with E-state index in [1.54, 1.807) is 0 Å². The fourth-order valence-electron chi connectivity index (χ4n) is 2.48. The van der Waals surface area contributed by atoms with Crippen molar-refractivity contribution >= 4 is 27.5 Å². The normalized spacial score (nSPS) is 32.0. The second-order valence-electron chi connectivity index (χ2n) is 5.89. The summed E-state index contributed by atoms with van der Waals surface area (Å²) in [4.78, 5) is 0. The van der Waals surface area contributed by atoms with Crippen LogP contribution in [0, 0.1) is 0 Å². The van der Waals surface area contributed by atoms with Crippen molar-refractivity contribution in [3.63, 3.8) is 0 Å². The topological polar surface area (TPSA) is 138 Å². The lowest BCUT2D eigenvalue weighted by Gasteiger charge is -2.25. The van der Waals surface area contributed by atoms with E-state index in [0.29, 0.717) is 36.8 Å². The van der Waals surface area contributed by atoms with Gasteiger partial charge in [-0.15, -0.1) is 0 Å². The molecule has 154 valence electrons. The molecule has 0 amide bonds. The number of aliphatic hydroxyl groups is 2. The summed E-state index contributed by atoms with van der Waals surface area (Å²) in [5.41, 5.74) is 0. The number of ether oxygens (including phenoxy) is 2. The van der Waals surface area contributed by atoms with Crippen molar-refractivity contribution in [1.29, 1.82) is 0 Å². The van der Waals surface area contributed by atoms with Gasteiger partial charge in [-0.1, -0.05) is 0 Å². The molecule has 2 rings (SSSR count).